The van der Waals surface area contributed by atoms with E-state index in [1.54, 1.807) is 18.2 Å². The summed E-state index contributed by atoms with van der Waals surface area (Å²) >= 11 is 11.6. The van der Waals surface area contributed by atoms with Gasteiger partial charge in [0, 0.05) is 23.6 Å². The molecular formula is C10H9Cl2NO2. The fourth-order valence-electron chi connectivity index (χ4n) is 1.07. The third-order valence-electron chi connectivity index (χ3n) is 1.90. The second kappa shape index (κ2) is 5.14. The van der Waals surface area contributed by atoms with Gasteiger partial charge in [-0.1, -0.05) is 29.3 Å². The Kier molecular flexibility index (Phi) is 4.12. The Labute approximate surface area is 97.6 Å². The third kappa shape index (κ3) is 3.22. The van der Waals surface area contributed by atoms with E-state index in [4.69, 9.17) is 23.2 Å². The van der Waals surface area contributed by atoms with Crippen LogP contribution in [0, 0.1) is 0 Å². The first-order valence-electron chi connectivity index (χ1n) is 4.19. The summed E-state index contributed by atoms with van der Waals surface area (Å²) in [6.45, 7) is 0.285. The zero-order valence-electron chi connectivity index (χ0n) is 8.04. The number of carbonyl (C=O) groups excluding carboxylic acids is 2. The third-order valence-corrected chi connectivity index (χ3v) is 2.49. The number of rotatable bonds is 3. The highest BCUT2D eigenvalue weighted by atomic mass is 35.5. The van der Waals surface area contributed by atoms with Gasteiger partial charge in [0.15, 0.2) is 0 Å². The summed E-state index contributed by atoms with van der Waals surface area (Å²) in [4.78, 5) is 22.5. The summed E-state index contributed by atoms with van der Waals surface area (Å²) in [5.41, 5.74) is 0.749. The molecule has 0 aliphatic carbocycles. The minimum Gasteiger partial charge on any atom is -0.335 e. The molecule has 0 heterocycles. The van der Waals surface area contributed by atoms with Crippen molar-refractivity contribution < 1.29 is 9.59 Å². The molecule has 0 fully saturated rings. The van der Waals surface area contributed by atoms with E-state index in [9.17, 15) is 9.59 Å². The van der Waals surface area contributed by atoms with Crippen LogP contribution in [0.3, 0.4) is 0 Å². The zero-order chi connectivity index (χ0) is 11.4. The number of aldehydes is 1. The molecular weight excluding hydrogens is 237 g/mol. The highest BCUT2D eigenvalue weighted by molar-refractivity contribution is 6.35. The van der Waals surface area contributed by atoms with Crippen LogP contribution in [0.1, 0.15) is 5.56 Å². The normalized spacial score (nSPS) is 9.80. The van der Waals surface area contributed by atoms with Crippen molar-refractivity contribution >= 4 is 35.4 Å². The van der Waals surface area contributed by atoms with Gasteiger partial charge in [-0.05, 0) is 17.7 Å². The predicted octanol–water partition coefficient (Wildman–Crippen LogP) is 2.15. The van der Waals surface area contributed by atoms with Crippen LogP contribution < -0.4 is 0 Å². The first-order valence-corrected chi connectivity index (χ1v) is 4.94. The average Bonchev–Trinajstić information content (AvgIpc) is 2.20. The molecule has 0 aliphatic rings. The van der Waals surface area contributed by atoms with Gasteiger partial charge in [-0.15, -0.1) is 0 Å². The molecule has 0 aromatic heterocycles. The molecule has 0 atom stereocenters. The molecule has 80 valence electrons. The van der Waals surface area contributed by atoms with Crippen LogP contribution in [0.15, 0.2) is 18.2 Å². The van der Waals surface area contributed by atoms with Gasteiger partial charge >= 0.3 is 0 Å². The summed E-state index contributed by atoms with van der Waals surface area (Å²) < 4.78 is 0. The maximum Gasteiger partial charge on any atom is 0.286 e. The molecule has 0 radical (unpaired) electrons. The summed E-state index contributed by atoms with van der Waals surface area (Å²) in [6, 6.07) is 5.00. The number of likely N-dealkylation sites (N-methyl/N-ethyl adjacent to an activating group) is 1. The molecule has 3 nitrogen and oxygen atoms in total. The quantitative estimate of drug-likeness (QED) is 0.605. The molecule has 15 heavy (non-hydrogen) atoms. The van der Waals surface area contributed by atoms with Crippen molar-refractivity contribution in [1.82, 2.24) is 4.90 Å². The van der Waals surface area contributed by atoms with Gasteiger partial charge in [-0.2, -0.15) is 0 Å². The Balaban J connectivity index is 2.81. The van der Waals surface area contributed by atoms with Crippen molar-refractivity contribution in [3.63, 3.8) is 0 Å². The van der Waals surface area contributed by atoms with Gasteiger partial charge < -0.3 is 4.90 Å². The van der Waals surface area contributed by atoms with Gasteiger partial charge in [0.1, 0.15) is 0 Å². The lowest BCUT2D eigenvalue weighted by Gasteiger charge is -2.14. The Hall–Kier alpha value is -1.06. The molecule has 0 aliphatic heterocycles. The average molecular weight is 246 g/mol. The maximum absolute atomic E-state index is 11.0. The van der Waals surface area contributed by atoms with E-state index in [-0.39, 0.29) is 12.8 Å². The monoisotopic (exact) mass is 245 g/mol. The highest BCUT2D eigenvalue weighted by Gasteiger charge is 2.09. The standard InChI is InChI=1S/C10H9Cl2NO2/c1-13(10(15)6-14)5-7-2-3-8(11)4-9(7)12/h2-4,6H,5H2,1H3. The molecule has 0 saturated heterocycles. The van der Waals surface area contributed by atoms with Crippen LogP contribution in [0.5, 0.6) is 0 Å². The SMILES string of the molecule is CN(Cc1ccc(Cl)cc1Cl)C(=O)C=O. The van der Waals surface area contributed by atoms with E-state index in [0.717, 1.165) is 5.56 Å². The number of nitrogens with zero attached hydrogens (tertiary/aromatic N) is 1. The molecule has 1 amide bonds. The molecule has 0 unspecified atom stereocenters. The van der Waals surface area contributed by atoms with E-state index in [1.807, 2.05) is 0 Å². The van der Waals surface area contributed by atoms with Crippen molar-refractivity contribution in [3.05, 3.63) is 33.8 Å². The van der Waals surface area contributed by atoms with E-state index in [0.29, 0.717) is 10.0 Å². The van der Waals surface area contributed by atoms with Crippen LogP contribution in [-0.2, 0) is 16.1 Å². The summed E-state index contributed by atoms with van der Waals surface area (Å²) in [6.07, 6.45) is 0.268. The van der Waals surface area contributed by atoms with Crippen molar-refractivity contribution in [2.75, 3.05) is 7.05 Å². The lowest BCUT2D eigenvalue weighted by atomic mass is 10.2. The van der Waals surface area contributed by atoms with Gasteiger partial charge in [0.05, 0.1) is 0 Å². The van der Waals surface area contributed by atoms with Crippen molar-refractivity contribution in [3.8, 4) is 0 Å². The fraction of sp³-hybridized carbons (Fsp3) is 0.200. The molecule has 1 aromatic rings. The lowest BCUT2D eigenvalue weighted by molar-refractivity contribution is -0.138. The Morgan fingerprint density at radius 2 is 2.13 bits per heavy atom. The summed E-state index contributed by atoms with van der Waals surface area (Å²) in [5, 5.41) is 1.01. The largest absolute Gasteiger partial charge is 0.335 e. The minimum atomic E-state index is -0.582. The molecule has 0 saturated carbocycles. The zero-order valence-corrected chi connectivity index (χ0v) is 9.55. The number of halogens is 2. The van der Waals surface area contributed by atoms with Gasteiger partial charge in [-0.25, -0.2) is 0 Å². The lowest BCUT2D eigenvalue weighted by Crippen LogP contribution is -2.26. The summed E-state index contributed by atoms with van der Waals surface area (Å²) in [7, 11) is 1.53. The van der Waals surface area contributed by atoms with Gasteiger partial charge in [-0.3, -0.25) is 9.59 Å². The minimum absolute atomic E-state index is 0.268. The first-order chi connectivity index (χ1) is 7.04. The number of amides is 1. The number of hydrogen-bond donors (Lipinski definition) is 0. The first kappa shape index (κ1) is 12.0. The van der Waals surface area contributed by atoms with Crippen molar-refractivity contribution in [1.29, 1.82) is 0 Å². The molecule has 1 rings (SSSR count). The smallest absolute Gasteiger partial charge is 0.286 e. The number of hydrogen-bond acceptors (Lipinski definition) is 2. The number of benzene rings is 1. The molecule has 0 N–H and O–H groups in total. The van der Waals surface area contributed by atoms with Gasteiger partial charge in [0.25, 0.3) is 5.91 Å². The molecule has 1 aromatic carbocycles. The van der Waals surface area contributed by atoms with Crippen LogP contribution in [-0.4, -0.2) is 24.1 Å². The molecule has 0 bridgehead atoms. The van der Waals surface area contributed by atoms with Gasteiger partial charge in [0.2, 0.25) is 6.29 Å². The second-order valence-corrected chi connectivity index (χ2v) is 3.89. The van der Waals surface area contributed by atoms with E-state index < -0.39 is 5.91 Å². The second-order valence-electron chi connectivity index (χ2n) is 3.05. The van der Waals surface area contributed by atoms with Crippen LogP contribution >= 0.6 is 23.2 Å². The highest BCUT2D eigenvalue weighted by Crippen LogP contribution is 2.21. The van der Waals surface area contributed by atoms with Crippen molar-refractivity contribution in [2.45, 2.75) is 6.54 Å². The topological polar surface area (TPSA) is 37.4 Å². The number of carbonyl (C=O) groups is 2. The van der Waals surface area contributed by atoms with Crippen LogP contribution in [0.2, 0.25) is 10.0 Å². The molecule has 5 heteroatoms. The van der Waals surface area contributed by atoms with E-state index >= 15 is 0 Å². The maximum atomic E-state index is 11.0. The van der Waals surface area contributed by atoms with E-state index in [1.165, 1.54) is 11.9 Å². The summed E-state index contributed by atoms with van der Waals surface area (Å²) in [5.74, 6) is -0.582. The molecule has 0 spiro atoms. The van der Waals surface area contributed by atoms with E-state index in [2.05, 4.69) is 0 Å². The fourth-order valence-corrected chi connectivity index (χ4v) is 1.54. The Morgan fingerprint density at radius 1 is 1.47 bits per heavy atom. The Bertz CT molecular complexity index is 393. The van der Waals surface area contributed by atoms with Crippen LogP contribution in [0.25, 0.3) is 0 Å². The van der Waals surface area contributed by atoms with Crippen molar-refractivity contribution in [2.24, 2.45) is 0 Å². The predicted molar refractivity (Wildman–Crippen MR) is 59.0 cm³/mol. The Morgan fingerprint density at radius 3 is 2.67 bits per heavy atom. The van der Waals surface area contributed by atoms with Crippen LogP contribution in [0.4, 0.5) is 0 Å².